The second kappa shape index (κ2) is 9.18. The number of thiol groups is 1. The minimum atomic E-state index is 0.183. The summed E-state index contributed by atoms with van der Waals surface area (Å²) in [6.07, 6.45) is 6.16. The molecule has 0 fully saturated rings. The molecule has 0 aromatic rings. The minimum Gasteiger partial charge on any atom is -0.173 e. The van der Waals surface area contributed by atoms with Gasteiger partial charge >= 0.3 is 0 Å². The molecule has 1 atom stereocenters. The fourth-order valence-electron chi connectivity index (χ4n) is 2.87. The van der Waals surface area contributed by atoms with Gasteiger partial charge < -0.3 is 0 Å². The minimum absolute atomic E-state index is 0.183. The van der Waals surface area contributed by atoms with Crippen LogP contribution in [0, 0.1) is 17.8 Å². The Morgan fingerprint density at radius 1 is 0.950 bits per heavy atom. The SMILES string of the molecule is C/C(CC(C)C)=C(/CCC(C)(S)CCC(C)C)C(C)C. The molecular weight excluding hydrogens is 260 g/mol. The third-order valence-electron chi connectivity index (χ3n) is 4.15. The monoisotopic (exact) mass is 298 g/mol. The molecule has 20 heavy (non-hydrogen) atoms. The average molecular weight is 299 g/mol. The van der Waals surface area contributed by atoms with Gasteiger partial charge in [0, 0.05) is 4.75 Å². The van der Waals surface area contributed by atoms with Gasteiger partial charge in [-0.15, -0.1) is 0 Å². The van der Waals surface area contributed by atoms with Crippen molar-refractivity contribution in [3.63, 3.8) is 0 Å². The second-order valence-corrected chi connectivity index (χ2v) is 9.07. The van der Waals surface area contributed by atoms with E-state index in [9.17, 15) is 0 Å². The zero-order chi connectivity index (χ0) is 15.9. The topological polar surface area (TPSA) is 0 Å². The molecule has 0 aliphatic rings. The van der Waals surface area contributed by atoms with Crippen molar-refractivity contribution in [2.45, 2.75) is 92.2 Å². The van der Waals surface area contributed by atoms with E-state index in [1.807, 2.05) is 0 Å². The summed E-state index contributed by atoms with van der Waals surface area (Å²) in [6.45, 7) is 18.5. The predicted molar refractivity (Wildman–Crippen MR) is 97.7 cm³/mol. The first kappa shape index (κ1) is 20.1. The molecule has 0 radical (unpaired) electrons. The van der Waals surface area contributed by atoms with Gasteiger partial charge in [-0.25, -0.2) is 0 Å². The van der Waals surface area contributed by atoms with Gasteiger partial charge in [0.1, 0.15) is 0 Å². The van der Waals surface area contributed by atoms with Gasteiger partial charge in [0.25, 0.3) is 0 Å². The molecule has 0 heterocycles. The molecule has 0 saturated heterocycles. The summed E-state index contributed by atoms with van der Waals surface area (Å²) in [5.41, 5.74) is 3.28. The van der Waals surface area contributed by atoms with Crippen molar-refractivity contribution in [3.8, 4) is 0 Å². The van der Waals surface area contributed by atoms with Crippen LogP contribution >= 0.6 is 12.6 Å². The van der Waals surface area contributed by atoms with Crippen LogP contribution in [0.5, 0.6) is 0 Å². The molecule has 0 saturated carbocycles. The maximum atomic E-state index is 4.92. The van der Waals surface area contributed by atoms with Crippen LogP contribution in [0.1, 0.15) is 87.5 Å². The summed E-state index contributed by atoms with van der Waals surface area (Å²) < 4.78 is 0.183. The fraction of sp³-hybridized carbons (Fsp3) is 0.895. The largest absolute Gasteiger partial charge is 0.173 e. The van der Waals surface area contributed by atoms with E-state index < -0.39 is 0 Å². The third-order valence-corrected chi connectivity index (χ3v) is 4.60. The van der Waals surface area contributed by atoms with Crippen molar-refractivity contribution < 1.29 is 0 Å². The van der Waals surface area contributed by atoms with E-state index in [1.54, 1.807) is 11.1 Å². The Morgan fingerprint density at radius 3 is 1.90 bits per heavy atom. The van der Waals surface area contributed by atoms with E-state index in [2.05, 4.69) is 55.4 Å². The average Bonchev–Trinajstić information content (AvgIpc) is 2.25. The Bertz CT molecular complexity index is 295. The Balaban J connectivity index is 4.62. The quantitative estimate of drug-likeness (QED) is 0.347. The first-order valence-electron chi connectivity index (χ1n) is 8.46. The first-order chi connectivity index (χ1) is 9.05. The van der Waals surface area contributed by atoms with Crippen LogP contribution < -0.4 is 0 Å². The lowest BCUT2D eigenvalue weighted by molar-refractivity contribution is 0.457. The maximum absolute atomic E-state index is 4.92. The number of rotatable bonds is 9. The Hall–Kier alpha value is 0.0900. The normalized spacial score (nSPS) is 16.8. The second-order valence-electron chi connectivity index (χ2n) is 7.99. The van der Waals surface area contributed by atoms with E-state index in [4.69, 9.17) is 12.6 Å². The predicted octanol–water partition coefficient (Wildman–Crippen LogP) is 6.91. The number of hydrogen-bond acceptors (Lipinski definition) is 1. The molecule has 0 aliphatic heterocycles. The molecule has 1 unspecified atom stereocenters. The zero-order valence-electron chi connectivity index (χ0n) is 15.2. The molecule has 0 bridgehead atoms. The molecule has 0 aliphatic carbocycles. The van der Waals surface area contributed by atoms with Crippen LogP contribution in [0.2, 0.25) is 0 Å². The zero-order valence-corrected chi connectivity index (χ0v) is 16.1. The van der Waals surface area contributed by atoms with Crippen molar-refractivity contribution in [1.82, 2.24) is 0 Å². The molecule has 0 N–H and O–H groups in total. The molecule has 0 nitrogen and oxygen atoms in total. The summed E-state index contributed by atoms with van der Waals surface area (Å²) in [6, 6.07) is 0. The summed E-state index contributed by atoms with van der Waals surface area (Å²) in [4.78, 5) is 0. The number of allylic oxidation sites excluding steroid dienone is 2. The highest BCUT2D eigenvalue weighted by molar-refractivity contribution is 7.81. The highest BCUT2D eigenvalue weighted by Gasteiger charge is 2.21. The van der Waals surface area contributed by atoms with Gasteiger partial charge in [-0.2, -0.15) is 12.6 Å². The Labute approximate surface area is 134 Å². The van der Waals surface area contributed by atoms with E-state index >= 15 is 0 Å². The summed E-state index contributed by atoms with van der Waals surface area (Å²) in [7, 11) is 0. The Morgan fingerprint density at radius 2 is 1.50 bits per heavy atom. The van der Waals surface area contributed by atoms with Crippen LogP contribution in [0.4, 0.5) is 0 Å². The lowest BCUT2D eigenvalue weighted by atomic mass is 9.86. The molecule has 0 aromatic heterocycles. The molecular formula is C19H38S. The van der Waals surface area contributed by atoms with Crippen molar-refractivity contribution in [1.29, 1.82) is 0 Å². The van der Waals surface area contributed by atoms with E-state index in [1.165, 1.54) is 32.1 Å². The van der Waals surface area contributed by atoms with Gasteiger partial charge in [0.15, 0.2) is 0 Å². The van der Waals surface area contributed by atoms with Gasteiger partial charge in [0.05, 0.1) is 0 Å². The van der Waals surface area contributed by atoms with Crippen molar-refractivity contribution in [2.75, 3.05) is 0 Å². The van der Waals surface area contributed by atoms with Crippen LogP contribution in [-0.4, -0.2) is 4.75 Å². The summed E-state index contributed by atoms with van der Waals surface area (Å²) in [5, 5.41) is 0. The lowest BCUT2D eigenvalue weighted by Gasteiger charge is -2.27. The lowest BCUT2D eigenvalue weighted by Crippen LogP contribution is -2.18. The van der Waals surface area contributed by atoms with Gasteiger partial charge in [0.2, 0.25) is 0 Å². The smallest absolute Gasteiger partial charge is 0.0104 e. The molecule has 0 spiro atoms. The highest BCUT2D eigenvalue weighted by Crippen LogP contribution is 2.33. The fourth-order valence-corrected chi connectivity index (χ4v) is 3.11. The molecule has 0 amide bonds. The third kappa shape index (κ3) is 9.10. The van der Waals surface area contributed by atoms with Crippen molar-refractivity contribution in [2.24, 2.45) is 17.8 Å². The van der Waals surface area contributed by atoms with E-state index in [0.29, 0.717) is 5.92 Å². The van der Waals surface area contributed by atoms with E-state index in [-0.39, 0.29) is 4.75 Å². The first-order valence-corrected chi connectivity index (χ1v) is 8.90. The van der Waals surface area contributed by atoms with Gasteiger partial charge in [-0.1, -0.05) is 59.6 Å². The summed E-state index contributed by atoms with van der Waals surface area (Å²) >= 11 is 4.92. The van der Waals surface area contributed by atoms with Gasteiger partial charge in [-0.05, 0) is 56.8 Å². The van der Waals surface area contributed by atoms with Crippen LogP contribution in [0.3, 0.4) is 0 Å². The van der Waals surface area contributed by atoms with Crippen LogP contribution in [0.15, 0.2) is 11.1 Å². The molecule has 0 rings (SSSR count). The molecule has 1 heteroatoms. The van der Waals surface area contributed by atoms with Crippen molar-refractivity contribution in [3.05, 3.63) is 11.1 Å². The standard InChI is InChI=1S/C19H38S/c1-14(2)9-11-19(8,20)12-10-18(16(5)6)17(7)13-15(3)4/h14-16,20H,9-13H2,1-8H3/b18-17+. The summed E-state index contributed by atoms with van der Waals surface area (Å²) in [5.74, 6) is 2.21. The highest BCUT2D eigenvalue weighted by atomic mass is 32.1. The Kier molecular flexibility index (Phi) is 9.22. The van der Waals surface area contributed by atoms with Crippen LogP contribution in [0.25, 0.3) is 0 Å². The van der Waals surface area contributed by atoms with Gasteiger partial charge in [-0.3, -0.25) is 0 Å². The molecule has 120 valence electrons. The van der Waals surface area contributed by atoms with Crippen molar-refractivity contribution >= 4 is 12.6 Å². The van der Waals surface area contributed by atoms with Crippen LogP contribution in [-0.2, 0) is 0 Å². The maximum Gasteiger partial charge on any atom is 0.0104 e. The molecule has 0 aromatic carbocycles. The number of hydrogen-bond donors (Lipinski definition) is 1. The van der Waals surface area contributed by atoms with E-state index in [0.717, 1.165) is 11.8 Å².